The topological polar surface area (TPSA) is 47.3 Å². The number of aromatic nitrogens is 2. The Hall–Kier alpha value is -0.870. The van der Waals surface area contributed by atoms with Crippen molar-refractivity contribution in [1.82, 2.24) is 9.78 Å². The Kier molecular flexibility index (Phi) is 3.54. The minimum atomic E-state index is -0.220. The first-order valence-electron chi connectivity index (χ1n) is 6.27. The van der Waals surface area contributed by atoms with Crippen molar-refractivity contribution < 1.29 is 9.84 Å². The number of aliphatic hydroxyl groups excluding tert-OH is 1. The summed E-state index contributed by atoms with van der Waals surface area (Å²) in [6, 6.07) is 0. The molecule has 17 heavy (non-hydrogen) atoms. The van der Waals surface area contributed by atoms with Crippen LogP contribution in [0.5, 0.6) is 0 Å². The Morgan fingerprint density at radius 1 is 1.47 bits per heavy atom. The highest BCUT2D eigenvalue weighted by Crippen LogP contribution is 2.34. The van der Waals surface area contributed by atoms with Crippen molar-refractivity contribution in [3.8, 4) is 0 Å². The third-order valence-electron chi connectivity index (χ3n) is 3.59. The maximum Gasteiger partial charge on any atom is 0.0695 e. The summed E-state index contributed by atoms with van der Waals surface area (Å²) in [5.41, 5.74) is 2.10. The van der Waals surface area contributed by atoms with E-state index in [1.807, 2.05) is 17.9 Å². The highest BCUT2D eigenvalue weighted by Gasteiger charge is 2.30. The van der Waals surface area contributed by atoms with Crippen molar-refractivity contribution in [2.24, 2.45) is 7.05 Å². The van der Waals surface area contributed by atoms with Gasteiger partial charge in [-0.25, -0.2) is 0 Å². The molecule has 4 heteroatoms. The molecule has 0 saturated carbocycles. The summed E-state index contributed by atoms with van der Waals surface area (Å²) >= 11 is 0. The fourth-order valence-electron chi connectivity index (χ4n) is 2.38. The summed E-state index contributed by atoms with van der Waals surface area (Å²) in [5, 5.41) is 14.1. The molecule has 0 spiro atoms. The predicted octanol–water partition coefficient (Wildman–Crippen LogP) is 1.58. The monoisotopic (exact) mass is 238 g/mol. The minimum absolute atomic E-state index is 0.148. The molecule has 0 bridgehead atoms. The van der Waals surface area contributed by atoms with Crippen molar-refractivity contribution in [3.05, 3.63) is 17.5 Å². The molecule has 0 atom stereocenters. The summed E-state index contributed by atoms with van der Waals surface area (Å²) in [7, 11) is 1.94. The number of aliphatic hydroxyl groups is 1. The van der Waals surface area contributed by atoms with Crippen molar-refractivity contribution in [2.45, 2.75) is 38.0 Å². The molecule has 1 aliphatic rings. The molecule has 0 amide bonds. The van der Waals surface area contributed by atoms with Crippen LogP contribution in [0.2, 0.25) is 0 Å². The number of rotatable bonds is 3. The zero-order valence-corrected chi connectivity index (χ0v) is 10.9. The molecule has 0 aromatic carbocycles. The first kappa shape index (κ1) is 12.6. The smallest absolute Gasteiger partial charge is 0.0695 e. The zero-order chi connectivity index (χ0) is 12.5. The quantitative estimate of drug-likeness (QED) is 0.869. The zero-order valence-electron chi connectivity index (χ0n) is 10.9. The van der Waals surface area contributed by atoms with Gasteiger partial charge in [0.25, 0.3) is 0 Å². The maximum atomic E-state index is 9.52. The van der Waals surface area contributed by atoms with Crippen LogP contribution in [0, 0.1) is 0 Å². The highest BCUT2D eigenvalue weighted by atomic mass is 16.5. The number of nitrogens with zero attached hydrogens (tertiary/aromatic N) is 2. The van der Waals surface area contributed by atoms with Crippen LogP contribution in [0.25, 0.3) is 0 Å². The lowest BCUT2D eigenvalue weighted by molar-refractivity contribution is 0.0838. The fraction of sp³-hybridized carbons (Fsp3) is 0.769. The Balaban J connectivity index is 2.32. The molecule has 2 rings (SSSR count). The van der Waals surface area contributed by atoms with E-state index in [0.29, 0.717) is 5.92 Å². The van der Waals surface area contributed by atoms with Crippen molar-refractivity contribution in [3.63, 3.8) is 0 Å². The van der Waals surface area contributed by atoms with Crippen LogP contribution in [0.4, 0.5) is 0 Å². The van der Waals surface area contributed by atoms with Crippen LogP contribution in [0.3, 0.4) is 0 Å². The van der Waals surface area contributed by atoms with E-state index in [2.05, 4.69) is 18.9 Å². The minimum Gasteiger partial charge on any atom is -0.395 e. The molecule has 0 unspecified atom stereocenters. The van der Waals surface area contributed by atoms with Crippen molar-refractivity contribution in [1.29, 1.82) is 0 Å². The second kappa shape index (κ2) is 4.78. The summed E-state index contributed by atoms with van der Waals surface area (Å²) in [5.74, 6) is 0.478. The van der Waals surface area contributed by atoms with Crippen LogP contribution in [-0.4, -0.2) is 34.7 Å². The van der Waals surface area contributed by atoms with Crippen LogP contribution in [-0.2, 0) is 17.2 Å². The fourth-order valence-corrected chi connectivity index (χ4v) is 2.38. The summed E-state index contributed by atoms with van der Waals surface area (Å²) < 4.78 is 7.25. The number of aryl methyl sites for hydroxylation is 1. The molecule has 0 radical (unpaired) electrons. The first-order chi connectivity index (χ1) is 8.04. The van der Waals surface area contributed by atoms with E-state index in [1.165, 1.54) is 5.56 Å². The van der Waals surface area contributed by atoms with Crippen molar-refractivity contribution >= 4 is 0 Å². The lowest BCUT2D eigenvalue weighted by atomic mass is 9.81. The van der Waals surface area contributed by atoms with Gasteiger partial charge in [-0.2, -0.15) is 5.10 Å². The number of ether oxygens (including phenoxy) is 1. The van der Waals surface area contributed by atoms with Crippen LogP contribution < -0.4 is 0 Å². The Labute approximate surface area is 103 Å². The van der Waals surface area contributed by atoms with E-state index in [1.54, 1.807) is 0 Å². The standard InChI is InChI=1S/C13H22N2O2/c1-13(2,9-16)11-8-15(3)14-12(11)10-4-6-17-7-5-10/h8,10,16H,4-7,9H2,1-3H3. The van der Waals surface area contributed by atoms with Gasteiger partial charge in [-0.1, -0.05) is 13.8 Å². The van der Waals surface area contributed by atoms with E-state index in [0.717, 1.165) is 31.7 Å². The number of hydrogen-bond donors (Lipinski definition) is 1. The Bertz CT molecular complexity index is 379. The van der Waals surface area contributed by atoms with Gasteiger partial charge in [-0.3, -0.25) is 4.68 Å². The molecule has 1 aliphatic heterocycles. The molecule has 1 aromatic rings. The first-order valence-corrected chi connectivity index (χ1v) is 6.27. The van der Waals surface area contributed by atoms with E-state index >= 15 is 0 Å². The van der Waals surface area contributed by atoms with Crippen LogP contribution in [0.1, 0.15) is 43.9 Å². The molecule has 2 heterocycles. The third-order valence-corrected chi connectivity index (χ3v) is 3.59. The average Bonchev–Trinajstić information content (AvgIpc) is 2.73. The molecule has 1 aromatic heterocycles. The maximum absolute atomic E-state index is 9.52. The van der Waals surface area contributed by atoms with Gasteiger partial charge in [0, 0.05) is 43.4 Å². The third kappa shape index (κ3) is 2.53. The molecular weight excluding hydrogens is 216 g/mol. The average molecular weight is 238 g/mol. The van der Waals surface area contributed by atoms with Crippen molar-refractivity contribution in [2.75, 3.05) is 19.8 Å². The second-order valence-corrected chi connectivity index (χ2v) is 5.53. The lowest BCUT2D eigenvalue weighted by Crippen LogP contribution is -2.25. The molecular formula is C13H22N2O2. The summed E-state index contributed by atoms with van der Waals surface area (Å²) in [6.07, 6.45) is 4.11. The molecule has 96 valence electrons. The normalized spacial score (nSPS) is 18.6. The molecule has 4 nitrogen and oxygen atoms in total. The van der Waals surface area contributed by atoms with Gasteiger partial charge in [0.2, 0.25) is 0 Å². The van der Waals surface area contributed by atoms with E-state index in [4.69, 9.17) is 4.74 Å². The predicted molar refractivity (Wildman–Crippen MR) is 66.1 cm³/mol. The van der Waals surface area contributed by atoms with Gasteiger partial charge in [0.1, 0.15) is 0 Å². The largest absolute Gasteiger partial charge is 0.395 e. The molecule has 1 saturated heterocycles. The number of hydrogen-bond acceptors (Lipinski definition) is 3. The van der Waals surface area contributed by atoms with Crippen LogP contribution >= 0.6 is 0 Å². The van der Waals surface area contributed by atoms with Gasteiger partial charge in [-0.05, 0) is 12.8 Å². The second-order valence-electron chi connectivity index (χ2n) is 5.53. The lowest BCUT2D eigenvalue weighted by Gasteiger charge is -2.26. The van der Waals surface area contributed by atoms with Gasteiger partial charge in [0.05, 0.1) is 12.3 Å². The van der Waals surface area contributed by atoms with Gasteiger partial charge < -0.3 is 9.84 Å². The van der Waals surface area contributed by atoms with Crippen LogP contribution in [0.15, 0.2) is 6.20 Å². The van der Waals surface area contributed by atoms with E-state index in [-0.39, 0.29) is 12.0 Å². The van der Waals surface area contributed by atoms with Gasteiger partial charge in [0.15, 0.2) is 0 Å². The molecule has 1 N–H and O–H groups in total. The van der Waals surface area contributed by atoms with Gasteiger partial charge in [-0.15, -0.1) is 0 Å². The molecule has 1 fully saturated rings. The Morgan fingerprint density at radius 3 is 2.71 bits per heavy atom. The highest BCUT2D eigenvalue weighted by molar-refractivity contribution is 5.29. The van der Waals surface area contributed by atoms with E-state index in [9.17, 15) is 5.11 Å². The van der Waals surface area contributed by atoms with E-state index < -0.39 is 0 Å². The summed E-state index contributed by atoms with van der Waals surface area (Å²) in [6.45, 7) is 5.91. The SMILES string of the molecule is Cn1cc(C(C)(C)CO)c(C2CCOCC2)n1. The summed E-state index contributed by atoms with van der Waals surface area (Å²) in [4.78, 5) is 0. The Morgan fingerprint density at radius 2 is 2.12 bits per heavy atom. The van der Waals surface area contributed by atoms with Gasteiger partial charge >= 0.3 is 0 Å². The molecule has 0 aliphatic carbocycles.